The molecule has 0 radical (unpaired) electrons. The van der Waals surface area contributed by atoms with Gasteiger partial charge in [0, 0.05) is 23.7 Å². The lowest BCUT2D eigenvalue weighted by Gasteiger charge is -2.12. The molecular formula is C21H17ClFNO3. The summed E-state index contributed by atoms with van der Waals surface area (Å²) in [6, 6.07) is 15.2. The topological polar surface area (TPSA) is 59.4 Å². The van der Waals surface area contributed by atoms with Gasteiger partial charge in [-0.05, 0) is 53.9 Å². The molecule has 1 N–H and O–H groups in total. The molecular weight excluding hydrogens is 369 g/mol. The van der Waals surface area contributed by atoms with Gasteiger partial charge in [0.15, 0.2) is 0 Å². The third-order valence-electron chi connectivity index (χ3n) is 4.05. The second-order valence-electron chi connectivity index (χ2n) is 6.00. The Morgan fingerprint density at radius 2 is 1.89 bits per heavy atom. The number of hydrogen-bond donors (Lipinski definition) is 1. The van der Waals surface area contributed by atoms with E-state index in [1.165, 1.54) is 12.1 Å². The fourth-order valence-electron chi connectivity index (χ4n) is 2.66. The molecule has 3 aromatic rings. The molecule has 0 spiro atoms. The zero-order valence-corrected chi connectivity index (χ0v) is 15.1. The summed E-state index contributed by atoms with van der Waals surface area (Å²) in [5, 5.41) is 9.12. The van der Waals surface area contributed by atoms with Crippen molar-refractivity contribution in [3.8, 4) is 16.9 Å². The molecule has 0 aliphatic rings. The molecule has 0 aliphatic heterocycles. The van der Waals surface area contributed by atoms with Gasteiger partial charge in [0.2, 0.25) is 0 Å². The Morgan fingerprint density at radius 3 is 2.56 bits per heavy atom. The lowest BCUT2D eigenvalue weighted by Crippen LogP contribution is -2.00. The number of carboxylic acids is 1. The fourth-order valence-corrected chi connectivity index (χ4v) is 2.77. The van der Waals surface area contributed by atoms with Crippen LogP contribution in [0.5, 0.6) is 5.75 Å². The third-order valence-corrected chi connectivity index (χ3v) is 4.27. The summed E-state index contributed by atoms with van der Waals surface area (Å²) < 4.78 is 19.5. The molecule has 0 saturated heterocycles. The third kappa shape index (κ3) is 5.28. The van der Waals surface area contributed by atoms with Crippen LogP contribution in [0.25, 0.3) is 11.1 Å². The van der Waals surface area contributed by atoms with Gasteiger partial charge in [0.1, 0.15) is 23.3 Å². The summed E-state index contributed by atoms with van der Waals surface area (Å²) in [4.78, 5) is 14.7. The van der Waals surface area contributed by atoms with Crippen LogP contribution in [0.1, 0.15) is 17.5 Å². The van der Waals surface area contributed by atoms with Crippen molar-refractivity contribution in [2.24, 2.45) is 0 Å². The maximum absolute atomic E-state index is 13.7. The van der Waals surface area contributed by atoms with Crippen molar-refractivity contribution < 1.29 is 19.0 Å². The molecule has 0 bridgehead atoms. The molecule has 3 rings (SSSR count). The normalized spacial score (nSPS) is 10.6. The zero-order valence-electron chi connectivity index (χ0n) is 14.4. The van der Waals surface area contributed by atoms with Crippen LogP contribution in [0.2, 0.25) is 5.15 Å². The lowest BCUT2D eigenvalue weighted by atomic mass is 10.0. The second kappa shape index (κ2) is 8.64. The molecule has 0 atom stereocenters. The monoisotopic (exact) mass is 385 g/mol. The molecule has 1 aromatic heterocycles. The van der Waals surface area contributed by atoms with E-state index in [4.69, 9.17) is 21.4 Å². The first kappa shape index (κ1) is 18.9. The Morgan fingerprint density at radius 1 is 1.11 bits per heavy atom. The first-order valence-electron chi connectivity index (χ1n) is 8.35. The number of aliphatic carboxylic acids is 1. The first-order chi connectivity index (χ1) is 13.0. The van der Waals surface area contributed by atoms with Gasteiger partial charge in [-0.2, -0.15) is 0 Å². The van der Waals surface area contributed by atoms with E-state index in [2.05, 4.69) is 4.98 Å². The fraction of sp³-hybridized carbons (Fsp3) is 0.143. The molecule has 0 aliphatic carbocycles. The van der Waals surface area contributed by atoms with Crippen molar-refractivity contribution in [3.63, 3.8) is 0 Å². The van der Waals surface area contributed by atoms with E-state index in [9.17, 15) is 9.18 Å². The van der Waals surface area contributed by atoms with E-state index in [0.29, 0.717) is 22.9 Å². The number of aromatic nitrogens is 1. The molecule has 0 amide bonds. The van der Waals surface area contributed by atoms with Crippen LogP contribution in [0.15, 0.2) is 60.8 Å². The minimum Gasteiger partial charge on any atom is -0.489 e. The van der Waals surface area contributed by atoms with Crippen LogP contribution < -0.4 is 4.74 Å². The van der Waals surface area contributed by atoms with E-state index in [0.717, 1.165) is 16.7 Å². The Hall–Kier alpha value is -2.92. The quantitative estimate of drug-likeness (QED) is 0.572. The van der Waals surface area contributed by atoms with Crippen LogP contribution in [0.4, 0.5) is 4.39 Å². The summed E-state index contributed by atoms with van der Waals surface area (Å²) in [7, 11) is 0. The highest BCUT2D eigenvalue weighted by Crippen LogP contribution is 2.26. The molecule has 0 fully saturated rings. The summed E-state index contributed by atoms with van der Waals surface area (Å²) in [5.74, 6) is -0.549. The van der Waals surface area contributed by atoms with Crippen LogP contribution in [-0.2, 0) is 17.8 Å². The maximum Gasteiger partial charge on any atom is 0.303 e. The Balaban J connectivity index is 1.73. The number of rotatable bonds is 7. The van der Waals surface area contributed by atoms with Crippen molar-refractivity contribution in [1.82, 2.24) is 4.98 Å². The van der Waals surface area contributed by atoms with Crippen molar-refractivity contribution in [3.05, 3.63) is 82.9 Å². The van der Waals surface area contributed by atoms with Gasteiger partial charge in [0.25, 0.3) is 0 Å². The first-order valence-corrected chi connectivity index (χ1v) is 8.73. The highest BCUT2D eigenvalue weighted by molar-refractivity contribution is 6.29. The summed E-state index contributed by atoms with van der Waals surface area (Å²) >= 11 is 5.83. The molecule has 1 heterocycles. The number of pyridine rings is 1. The number of carbonyl (C=O) groups is 1. The maximum atomic E-state index is 13.7. The van der Waals surface area contributed by atoms with E-state index in [1.54, 1.807) is 30.5 Å². The van der Waals surface area contributed by atoms with Crippen molar-refractivity contribution >= 4 is 17.6 Å². The highest BCUT2D eigenvalue weighted by atomic mass is 35.5. The van der Waals surface area contributed by atoms with Crippen molar-refractivity contribution in [2.45, 2.75) is 19.4 Å². The molecule has 138 valence electrons. The molecule has 0 unspecified atom stereocenters. The van der Waals surface area contributed by atoms with Crippen molar-refractivity contribution in [1.29, 1.82) is 0 Å². The Labute approximate surface area is 161 Å². The van der Waals surface area contributed by atoms with Gasteiger partial charge < -0.3 is 9.84 Å². The minimum absolute atomic E-state index is 0.0853. The summed E-state index contributed by atoms with van der Waals surface area (Å²) in [6.45, 7) is 0.185. The van der Waals surface area contributed by atoms with E-state index >= 15 is 0 Å². The number of halogens is 2. The summed E-state index contributed by atoms with van der Waals surface area (Å²) in [5.41, 5.74) is 3.25. The predicted octanol–water partition coefficient (Wildman–Crippen LogP) is 5.14. The van der Waals surface area contributed by atoms with Gasteiger partial charge in [-0.25, -0.2) is 9.37 Å². The van der Waals surface area contributed by atoms with Gasteiger partial charge >= 0.3 is 5.97 Å². The van der Waals surface area contributed by atoms with Gasteiger partial charge in [-0.3, -0.25) is 4.79 Å². The van der Waals surface area contributed by atoms with Crippen LogP contribution in [0.3, 0.4) is 0 Å². The minimum atomic E-state index is -0.828. The van der Waals surface area contributed by atoms with Gasteiger partial charge in [0.05, 0.1) is 0 Å². The Bertz CT molecular complexity index is 927. The van der Waals surface area contributed by atoms with E-state index in [1.807, 2.05) is 18.2 Å². The van der Waals surface area contributed by atoms with E-state index < -0.39 is 5.97 Å². The molecule has 6 heteroatoms. The summed E-state index contributed by atoms with van der Waals surface area (Å²) in [6.07, 6.45) is 2.19. The molecule has 2 aromatic carbocycles. The van der Waals surface area contributed by atoms with E-state index in [-0.39, 0.29) is 18.8 Å². The second-order valence-corrected chi connectivity index (χ2v) is 6.38. The highest BCUT2D eigenvalue weighted by Gasteiger charge is 2.09. The van der Waals surface area contributed by atoms with Crippen molar-refractivity contribution in [2.75, 3.05) is 0 Å². The molecule has 0 saturated carbocycles. The Kier molecular flexibility index (Phi) is 6.04. The lowest BCUT2D eigenvalue weighted by molar-refractivity contribution is -0.136. The smallest absolute Gasteiger partial charge is 0.303 e. The number of carboxylic acid groups (broad SMARTS) is 1. The number of nitrogens with zero attached hydrogens (tertiary/aromatic N) is 1. The largest absolute Gasteiger partial charge is 0.489 e. The molecule has 4 nitrogen and oxygen atoms in total. The van der Waals surface area contributed by atoms with Crippen LogP contribution in [-0.4, -0.2) is 16.1 Å². The predicted molar refractivity (Wildman–Crippen MR) is 101 cm³/mol. The SMILES string of the molecule is O=C(O)CCc1ccc(OCc2cc(F)ccc2-c2ccc(Cl)nc2)cc1. The van der Waals surface area contributed by atoms with Gasteiger partial charge in [-0.15, -0.1) is 0 Å². The molecule has 27 heavy (non-hydrogen) atoms. The average Bonchev–Trinajstić information content (AvgIpc) is 2.66. The van der Waals surface area contributed by atoms with Gasteiger partial charge in [-0.1, -0.05) is 29.8 Å². The number of aryl methyl sites for hydroxylation is 1. The number of ether oxygens (including phenoxy) is 1. The van der Waals surface area contributed by atoms with Crippen LogP contribution >= 0.6 is 11.6 Å². The standard InChI is InChI=1S/C21H17ClFNO3/c22-20-9-4-15(12-24-20)19-8-5-17(23)11-16(19)13-27-18-6-1-14(2-7-18)3-10-21(25)26/h1-2,4-9,11-12H,3,10,13H2,(H,25,26). The number of benzene rings is 2. The average molecular weight is 386 g/mol. The van der Waals surface area contributed by atoms with Crippen LogP contribution in [0, 0.1) is 5.82 Å². The number of hydrogen-bond acceptors (Lipinski definition) is 3. The zero-order chi connectivity index (χ0) is 19.2.